The minimum absolute atomic E-state index is 0.0547. The van der Waals surface area contributed by atoms with Gasteiger partial charge in [0.1, 0.15) is 11.6 Å². The van der Waals surface area contributed by atoms with Crippen LogP contribution in [-0.4, -0.2) is 24.8 Å². The highest BCUT2D eigenvalue weighted by Gasteiger charge is 2.43. The molecule has 1 atom stereocenters. The molecule has 0 aromatic rings. The summed E-state index contributed by atoms with van der Waals surface area (Å²) in [4.78, 5) is 23.6. The summed E-state index contributed by atoms with van der Waals surface area (Å²) in [6.45, 7) is 6.81. The van der Waals surface area contributed by atoms with Gasteiger partial charge in [0.25, 0.3) is 0 Å². The molecular formula is C12H20O3. The van der Waals surface area contributed by atoms with E-state index in [4.69, 9.17) is 4.74 Å². The first-order valence-electron chi connectivity index (χ1n) is 5.64. The Kier molecular flexibility index (Phi) is 4.03. The third-order valence-corrected chi connectivity index (χ3v) is 3.13. The van der Waals surface area contributed by atoms with Gasteiger partial charge in [0, 0.05) is 18.4 Å². The molecule has 0 radical (unpaired) electrons. The third-order valence-electron chi connectivity index (χ3n) is 3.13. The van der Waals surface area contributed by atoms with Crippen molar-refractivity contribution >= 4 is 11.6 Å². The van der Waals surface area contributed by atoms with Gasteiger partial charge in [-0.3, -0.25) is 9.59 Å². The molecule has 1 unspecified atom stereocenters. The molecule has 86 valence electrons. The normalized spacial score (nSPS) is 24.5. The van der Waals surface area contributed by atoms with Gasteiger partial charge in [0.2, 0.25) is 0 Å². The zero-order valence-corrected chi connectivity index (χ0v) is 9.84. The summed E-state index contributed by atoms with van der Waals surface area (Å²) in [6.07, 6.45) is 1.92. The number of carbonyl (C=O) groups is 2. The zero-order chi connectivity index (χ0) is 11.5. The highest BCUT2D eigenvalue weighted by Crippen LogP contribution is 2.38. The van der Waals surface area contributed by atoms with Crippen LogP contribution in [0.1, 0.15) is 40.0 Å². The predicted molar refractivity (Wildman–Crippen MR) is 57.6 cm³/mol. The monoisotopic (exact) mass is 212 g/mol. The lowest BCUT2D eigenvalue weighted by Gasteiger charge is -2.15. The average molecular weight is 212 g/mol. The van der Waals surface area contributed by atoms with Crippen molar-refractivity contribution in [1.82, 2.24) is 0 Å². The lowest BCUT2D eigenvalue weighted by Crippen LogP contribution is -2.27. The fraction of sp³-hybridized carbons (Fsp3) is 0.833. The molecule has 1 rings (SSSR count). The van der Waals surface area contributed by atoms with E-state index in [9.17, 15) is 9.59 Å². The van der Waals surface area contributed by atoms with Crippen LogP contribution in [0.25, 0.3) is 0 Å². The van der Waals surface area contributed by atoms with Crippen LogP contribution in [0.2, 0.25) is 0 Å². The van der Waals surface area contributed by atoms with Gasteiger partial charge in [-0.25, -0.2) is 0 Å². The van der Waals surface area contributed by atoms with Crippen molar-refractivity contribution in [3.63, 3.8) is 0 Å². The lowest BCUT2D eigenvalue weighted by molar-refractivity contribution is -0.134. The smallest absolute Gasteiger partial charge is 0.148 e. The maximum absolute atomic E-state index is 11.8. The standard InChI is InChI=1S/C12H20O3/c1-4-15-8-6-10(13)9-5-7-12(2,3)11(9)14/h9H,4-8H2,1-3H3. The van der Waals surface area contributed by atoms with E-state index in [1.54, 1.807) is 0 Å². The van der Waals surface area contributed by atoms with Gasteiger partial charge in [-0.1, -0.05) is 13.8 Å². The SMILES string of the molecule is CCOCCC(=O)C1CCC(C)(C)C1=O. The molecule has 1 aliphatic rings. The van der Waals surface area contributed by atoms with Gasteiger partial charge in [0.15, 0.2) is 0 Å². The third kappa shape index (κ3) is 2.88. The Hall–Kier alpha value is -0.700. The molecule has 0 N–H and O–H groups in total. The van der Waals surface area contributed by atoms with Crippen LogP contribution in [-0.2, 0) is 14.3 Å². The second-order valence-corrected chi connectivity index (χ2v) is 4.75. The number of hydrogen-bond acceptors (Lipinski definition) is 3. The highest BCUT2D eigenvalue weighted by molar-refractivity contribution is 6.06. The van der Waals surface area contributed by atoms with E-state index in [0.29, 0.717) is 19.6 Å². The zero-order valence-electron chi connectivity index (χ0n) is 9.84. The topological polar surface area (TPSA) is 43.4 Å². The van der Waals surface area contributed by atoms with Gasteiger partial charge in [0.05, 0.1) is 12.5 Å². The van der Waals surface area contributed by atoms with Crippen LogP contribution in [0.5, 0.6) is 0 Å². The summed E-state index contributed by atoms with van der Waals surface area (Å²) < 4.78 is 5.12. The molecule has 0 aromatic heterocycles. The number of Topliss-reactive ketones (excluding diaryl/α,β-unsaturated/α-hetero) is 2. The van der Waals surface area contributed by atoms with Crippen molar-refractivity contribution < 1.29 is 14.3 Å². The van der Waals surface area contributed by atoms with E-state index in [0.717, 1.165) is 12.8 Å². The number of ketones is 2. The molecule has 0 bridgehead atoms. The predicted octanol–water partition coefficient (Wildman–Crippen LogP) is 1.99. The van der Waals surface area contributed by atoms with Gasteiger partial charge < -0.3 is 4.74 Å². The first-order valence-corrected chi connectivity index (χ1v) is 5.64. The Morgan fingerprint density at radius 2 is 2.20 bits per heavy atom. The second kappa shape index (κ2) is 4.88. The van der Waals surface area contributed by atoms with Crippen molar-refractivity contribution in [2.45, 2.75) is 40.0 Å². The summed E-state index contributed by atoms with van der Waals surface area (Å²) in [5.41, 5.74) is -0.300. The molecule has 0 spiro atoms. The molecule has 3 heteroatoms. The quantitative estimate of drug-likeness (QED) is 0.517. The minimum Gasteiger partial charge on any atom is -0.381 e. The van der Waals surface area contributed by atoms with Crippen LogP contribution in [0, 0.1) is 11.3 Å². The van der Waals surface area contributed by atoms with Crippen LogP contribution < -0.4 is 0 Å². The Labute approximate surface area is 91.2 Å². The molecule has 1 aliphatic carbocycles. The maximum Gasteiger partial charge on any atom is 0.148 e. The molecule has 3 nitrogen and oxygen atoms in total. The van der Waals surface area contributed by atoms with Crippen molar-refractivity contribution in [1.29, 1.82) is 0 Å². The van der Waals surface area contributed by atoms with Crippen LogP contribution in [0.15, 0.2) is 0 Å². The Bertz CT molecular complexity index is 256. The fourth-order valence-corrected chi connectivity index (χ4v) is 2.03. The molecule has 0 aromatic carbocycles. The second-order valence-electron chi connectivity index (χ2n) is 4.75. The summed E-state index contributed by atoms with van der Waals surface area (Å²) in [7, 11) is 0. The highest BCUT2D eigenvalue weighted by atomic mass is 16.5. The van der Waals surface area contributed by atoms with Crippen molar-refractivity contribution in [2.75, 3.05) is 13.2 Å². The van der Waals surface area contributed by atoms with E-state index in [1.807, 2.05) is 20.8 Å². The minimum atomic E-state index is -0.361. The van der Waals surface area contributed by atoms with Crippen LogP contribution in [0.3, 0.4) is 0 Å². The van der Waals surface area contributed by atoms with Crippen molar-refractivity contribution in [3.8, 4) is 0 Å². The summed E-state index contributed by atoms with van der Waals surface area (Å²) >= 11 is 0. The largest absolute Gasteiger partial charge is 0.381 e. The number of ether oxygens (including phenoxy) is 1. The van der Waals surface area contributed by atoms with Crippen LogP contribution >= 0.6 is 0 Å². The molecule has 0 amide bonds. The van der Waals surface area contributed by atoms with E-state index >= 15 is 0 Å². The van der Waals surface area contributed by atoms with Gasteiger partial charge in [-0.2, -0.15) is 0 Å². The van der Waals surface area contributed by atoms with Crippen molar-refractivity contribution in [3.05, 3.63) is 0 Å². The maximum atomic E-state index is 11.8. The first-order chi connectivity index (χ1) is 6.99. The number of rotatable bonds is 5. The van der Waals surface area contributed by atoms with E-state index in [1.165, 1.54) is 0 Å². The van der Waals surface area contributed by atoms with Gasteiger partial charge >= 0.3 is 0 Å². The Morgan fingerprint density at radius 3 is 2.67 bits per heavy atom. The fourth-order valence-electron chi connectivity index (χ4n) is 2.03. The van der Waals surface area contributed by atoms with E-state index < -0.39 is 0 Å². The molecule has 1 saturated carbocycles. The molecule has 0 aliphatic heterocycles. The number of carbonyl (C=O) groups excluding carboxylic acids is 2. The number of hydrogen-bond donors (Lipinski definition) is 0. The summed E-state index contributed by atoms with van der Waals surface area (Å²) in [5.74, 6) is -0.191. The molecule has 0 saturated heterocycles. The first kappa shape index (κ1) is 12.4. The average Bonchev–Trinajstić information content (AvgIpc) is 2.43. The molecule has 1 fully saturated rings. The lowest BCUT2D eigenvalue weighted by atomic mass is 9.87. The molecule has 0 heterocycles. The molecular weight excluding hydrogens is 192 g/mol. The Balaban J connectivity index is 2.45. The van der Waals surface area contributed by atoms with Gasteiger partial charge in [-0.15, -0.1) is 0 Å². The van der Waals surface area contributed by atoms with E-state index in [2.05, 4.69) is 0 Å². The summed E-state index contributed by atoms with van der Waals surface area (Å²) in [6, 6.07) is 0. The Morgan fingerprint density at radius 1 is 1.53 bits per heavy atom. The molecule has 15 heavy (non-hydrogen) atoms. The van der Waals surface area contributed by atoms with Gasteiger partial charge in [-0.05, 0) is 19.8 Å². The van der Waals surface area contributed by atoms with E-state index in [-0.39, 0.29) is 22.9 Å². The summed E-state index contributed by atoms with van der Waals surface area (Å²) in [5, 5.41) is 0. The van der Waals surface area contributed by atoms with Crippen molar-refractivity contribution in [2.24, 2.45) is 11.3 Å². The van der Waals surface area contributed by atoms with Crippen LogP contribution in [0.4, 0.5) is 0 Å².